The highest BCUT2D eigenvalue weighted by Gasteiger charge is 2.26. The summed E-state index contributed by atoms with van der Waals surface area (Å²) in [6.45, 7) is 0.857. The number of nitrogens with one attached hydrogen (secondary N) is 1. The maximum Gasteiger partial charge on any atom is 0.341 e. The molecule has 2 aromatic rings. The number of halogens is 1. The molecule has 0 atom stereocenters. The molecule has 0 radical (unpaired) electrons. The summed E-state index contributed by atoms with van der Waals surface area (Å²) in [6, 6.07) is 2.93. The van der Waals surface area contributed by atoms with E-state index in [9.17, 15) is 9.59 Å². The first-order valence-electron chi connectivity index (χ1n) is 8.20. The van der Waals surface area contributed by atoms with Crippen LogP contribution in [0, 0.1) is 0 Å². The van der Waals surface area contributed by atoms with Crippen LogP contribution < -0.4 is 10.1 Å². The minimum atomic E-state index is -0.439. The normalized spacial score (nSPS) is 13.0. The van der Waals surface area contributed by atoms with Gasteiger partial charge >= 0.3 is 5.97 Å². The largest absolute Gasteiger partial charge is 0.481 e. The zero-order valence-electron chi connectivity index (χ0n) is 14.5. The van der Waals surface area contributed by atoms with Gasteiger partial charge in [0.05, 0.1) is 32.2 Å². The number of hydrogen-bond acceptors (Lipinski definition) is 6. The van der Waals surface area contributed by atoms with Crippen LogP contribution in [0.1, 0.15) is 44.9 Å². The Bertz CT molecular complexity index is 850. The van der Waals surface area contributed by atoms with Crippen LogP contribution in [0.25, 0.3) is 0 Å². The maximum absolute atomic E-state index is 12.4. The van der Waals surface area contributed by atoms with Crippen molar-refractivity contribution in [3.05, 3.63) is 39.8 Å². The predicted octanol–water partition coefficient (Wildman–Crippen LogP) is 1.99. The Balaban J connectivity index is 1.81. The first kappa shape index (κ1) is 18.2. The fraction of sp³-hybridized carbons (Fsp3) is 0.412. The van der Waals surface area contributed by atoms with E-state index in [1.54, 1.807) is 0 Å². The van der Waals surface area contributed by atoms with Gasteiger partial charge in [0.2, 0.25) is 5.88 Å². The van der Waals surface area contributed by atoms with Crippen LogP contribution in [0.4, 0.5) is 0 Å². The summed E-state index contributed by atoms with van der Waals surface area (Å²) in [5.74, 6) is -0.559. The van der Waals surface area contributed by atoms with Gasteiger partial charge in [-0.3, -0.25) is 9.48 Å². The molecule has 0 unspecified atom stereocenters. The van der Waals surface area contributed by atoms with Crippen LogP contribution in [0.2, 0.25) is 5.15 Å². The number of rotatable bonds is 5. The Labute approximate surface area is 155 Å². The number of fused-ring (bicyclic) bond motifs is 1. The number of hydrogen-bond donors (Lipinski definition) is 1. The maximum atomic E-state index is 12.4. The molecule has 1 N–H and O–H groups in total. The molecule has 0 aliphatic carbocycles. The van der Waals surface area contributed by atoms with Crippen molar-refractivity contribution < 1.29 is 19.1 Å². The lowest BCUT2D eigenvalue weighted by atomic mass is 10.0. The second-order valence-electron chi connectivity index (χ2n) is 5.84. The summed E-state index contributed by atoms with van der Waals surface area (Å²) >= 11 is 5.90. The van der Waals surface area contributed by atoms with Gasteiger partial charge in [-0.05, 0) is 25.3 Å². The Hall–Kier alpha value is -2.61. The summed E-state index contributed by atoms with van der Waals surface area (Å²) in [7, 11) is 2.78. The van der Waals surface area contributed by atoms with Gasteiger partial charge in [-0.2, -0.15) is 5.10 Å². The summed E-state index contributed by atoms with van der Waals surface area (Å²) in [5, 5.41) is 7.39. The quantitative estimate of drug-likeness (QED) is 0.631. The highest BCUT2D eigenvalue weighted by molar-refractivity contribution is 6.29. The second-order valence-corrected chi connectivity index (χ2v) is 6.23. The highest BCUT2D eigenvalue weighted by atomic mass is 35.5. The van der Waals surface area contributed by atoms with Crippen molar-refractivity contribution in [3.8, 4) is 5.88 Å². The number of aryl methyl sites for hydroxylation is 1. The van der Waals surface area contributed by atoms with Crippen LogP contribution in [-0.4, -0.2) is 40.9 Å². The molecule has 1 amide bonds. The van der Waals surface area contributed by atoms with E-state index in [1.165, 1.54) is 26.4 Å². The standard InChI is InChI=1S/C17H19ClN4O4/c1-25-14-8-10(7-13(18)20-14)16(23)19-9-11-15(17(24)26-2)12-5-3-4-6-22(12)21-11/h7-8H,3-6,9H2,1-2H3,(H,19,23). The Morgan fingerprint density at radius 2 is 2.12 bits per heavy atom. The molecule has 138 valence electrons. The average Bonchev–Trinajstić information content (AvgIpc) is 3.03. The smallest absolute Gasteiger partial charge is 0.341 e. The lowest BCUT2D eigenvalue weighted by Crippen LogP contribution is -2.24. The molecule has 2 aromatic heterocycles. The fourth-order valence-electron chi connectivity index (χ4n) is 2.98. The molecular weight excluding hydrogens is 360 g/mol. The molecule has 0 fully saturated rings. The lowest BCUT2D eigenvalue weighted by Gasteiger charge is -2.13. The summed E-state index contributed by atoms with van der Waals surface area (Å²) in [4.78, 5) is 28.5. The number of pyridine rings is 1. The van der Waals surface area contributed by atoms with Crippen molar-refractivity contribution in [1.82, 2.24) is 20.1 Å². The minimum Gasteiger partial charge on any atom is -0.481 e. The van der Waals surface area contributed by atoms with Crippen molar-refractivity contribution in [2.75, 3.05) is 14.2 Å². The zero-order chi connectivity index (χ0) is 18.7. The van der Waals surface area contributed by atoms with Gasteiger partial charge in [0.15, 0.2) is 0 Å². The van der Waals surface area contributed by atoms with Crippen molar-refractivity contribution in [3.63, 3.8) is 0 Å². The van der Waals surface area contributed by atoms with E-state index in [0.717, 1.165) is 31.5 Å². The molecule has 0 spiro atoms. The van der Waals surface area contributed by atoms with E-state index in [2.05, 4.69) is 15.4 Å². The number of ether oxygens (including phenoxy) is 2. The molecule has 0 bridgehead atoms. The molecule has 1 aliphatic heterocycles. The molecule has 0 aromatic carbocycles. The van der Waals surface area contributed by atoms with E-state index >= 15 is 0 Å². The molecule has 8 nitrogen and oxygen atoms in total. The Morgan fingerprint density at radius 3 is 2.85 bits per heavy atom. The number of aromatic nitrogens is 3. The number of carbonyl (C=O) groups excluding carboxylic acids is 2. The van der Waals surface area contributed by atoms with Crippen LogP contribution >= 0.6 is 11.6 Å². The first-order valence-corrected chi connectivity index (χ1v) is 8.58. The molecule has 3 rings (SSSR count). The van der Waals surface area contributed by atoms with Gasteiger partial charge in [-0.25, -0.2) is 9.78 Å². The summed E-state index contributed by atoms with van der Waals surface area (Å²) in [5.41, 5.74) is 2.11. The molecular formula is C17H19ClN4O4. The highest BCUT2D eigenvalue weighted by Crippen LogP contribution is 2.23. The number of methoxy groups -OCH3 is 2. The molecule has 1 aliphatic rings. The number of amides is 1. The molecule has 0 saturated carbocycles. The predicted molar refractivity (Wildman–Crippen MR) is 93.5 cm³/mol. The third-order valence-electron chi connectivity index (χ3n) is 4.21. The van der Waals surface area contributed by atoms with Crippen LogP contribution in [-0.2, 0) is 24.2 Å². The van der Waals surface area contributed by atoms with Crippen LogP contribution in [0.15, 0.2) is 12.1 Å². The van der Waals surface area contributed by atoms with Gasteiger partial charge in [0.25, 0.3) is 5.91 Å². The number of nitrogens with zero attached hydrogens (tertiary/aromatic N) is 3. The lowest BCUT2D eigenvalue weighted by molar-refractivity contribution is 0.0597. The first-order chi connectivity index (χ1) is 12.5. The van der Waals surface area contributed by atoms with Crippen molar-refractivity contribution in [1.29, 1.82) is 0 Å². The second kappa shape index (κ2) is 7.74. The van der Waals surface area contributed by atoms with E-state index in [0.29, 0.717) is 16.8 Å². The Kier molecular flexibility index (Phi) is 5.41. The minimum absolute atomic E-state index is 0.103. The molecule has 3 heterocycles. The topological polar surface area (TPSA) is 95.3 Å². The fourth-order valence-corrected chi connectivity index (χ4v) is 3.18. The number of esters is 1. The van der Waals surface area contributed by atoms with E-state index < -0.39 is 5.97 Å². The van der Waals surface area contributed by atoms with Crippen LogP contribution in [0.5, 0.6) is 5.88 Å². The molecule has 0 saturated heterocycles. The monoisotopic (exact) mass is 378 g/mol. The van der Waals surface area contributed by atoms with Crippen LogP contribution in [0.3, 0.4) is 0 Å². The van der Waals surface area contributed by atoms with Gasteiger partial charge in [0, 0.05) is 18.2 Å². The third-order valence-corrected chi connectivity index (χ3v) is 4.41. The average molecular weight is 379 g/mol. The third kappa shape index (κ3) is 3.65. The van der Waals surface area contributed by atoms with E-state index in [4.69, 9.17) is 21.1 Å². The SMILES string of the molecule is COC(=O)c1c(CNC(=O)c2cc(Cl)nc(OC)c2)nn2c1CCCC2. The van der Waals surface area contributed by atoms with E-state index in [-0.39, 0.29) is 23.5 Å². The summed E-state index contributed by atoms with van der Waals surface area (Å²) in [6.07, 6.45) is 2.77. The van der Waals surface area contributed by atoms with Crippen molar-refractivity contribution in [2.45, 2.75) is 32.4 Å². The van der Waals surface area contributed by atoms with Gasteiger partial charge in [-0.1, -0.05) is 11.6 Å². The number of carbonyl (C=O) groups is 2. The van der Waals surface area contributed by atoms with Crippen molar-refractivity contribution in [2.24, 2.45) is 0 Å². The van der Waals surface area contributed by atoms with Gasteiger partial charge < -0.3 is 14.8 Å². The van der Waals surface area contributed by atoms with Gasteiger partial charge in [0.1, 0.15) is 10.7 Å². The molecule has 26 heavy (non-hydrogen) atoms. The van der Waals surface area contributed by atoms with E-state index in [1.807, 2.05) is 4.68 Å². The summed E-state index contributed by atoms with van der Waals surface area (Å²) < 4.78 is 11.7. The molecule has 9 heteroatoms. The Morgan fingerprint density at radius 1 is 1.31 bits per heavy atom. The van der Waals surface area contributed by atoms with Gasteiger partial charge in [-0.15, -0.1) is 0 Å². The van der Waals surface area contributed by atoms with Crippen molar-refractivity contribution >= 4 is 23.5 Å². The zero-order valence-corrected chi connectivity index (χ0v) is 15.3.